The number of hydrogen-bond donors (Lipinski definition) is 1. The minimum absolute atomic E-state index is 0.257. The van der Waals surface area contributed by atoms with Crippen molar-refractivity contribution in [2.75, 3.05) is 0 Å². The summed E-state index contributed by atoms with van der Waals surface area (Å²) in [5, 5.41) is 10.9. The molecule has 0 radical (unpaired) electrons. The standard InChI is InChI=1S/C14H21ClO/c1-10-11(6-5-7-12(10)15)13(16)8-9-14(2,3)4/h5-7,13,16H,8-9H2,1-4H3. The fraction of sp³-hybridized carbons (Fsp3) is 0.571. The predicted molar refractivity (Wildman–Crippen MR) is 69.8 cm³/mol. The zero-order valence-electron chi connectivity index (χ0n) is 10.5. The minimum atomic E-state index is -0.405. The van der Waals surface area contributed by atoms with Crippen LogP contribution in [-0.2, 0) is 0 Å². The molecule has 0 aliphatic rings. The fourth-order valence-electron chi connectivity index (χ4n) is 1.71. The van der Waals surface area contributed by atoms with Crippen LogP contribution in [0.3, 0.4) is 0 Å². The van der Waals surface area contributed by atoms with Crippen LogP contribution < -0.4 is 0 Å². The van der Waals surface area contributed by atoms with Crippen LogP contribution in [0.1, 0.15) is 50.8 Å². The van der Waals surface area contributed by atoms with Gasteiger partial charge in [-0.15, -0.1) is 0 Å². The van der Waals surface area contributed by atoms with Gasteiger partial charge in [-0.2, -0.15) is 0 Å². The molecule has 0 aromatic heterocycles. The number of aliphatic hydroxyl groups is 1. The molecule has 0 heterocycles. The summed E-state index contributed by atoms with van der Waals surface area (Å²) in [6.07, 6.45) is 1.38. The molecule has 0 aliphatic carbocycles. The van der Waals surface area contributed by atoms with Gasteiger partial charge in [-0.3, -0.25) is 0 Å². The summed E-state index contributed by atoms with van der Waals surface area (Å²) in [7, 11) is 0. The molecule has 1 unspecified atom stereocenters. The molecule has 1 N–H and O–H groups in total. The Kier molecular flexibility index (Phi) is 4.40. The smallest absolute Gasteiger partial charge is 0.0793 e. The van der Waals surface area contributed by atoms with E-state index in [2.05, 4.69) is 20.8 Å². The molecule has 0 fully saturated rings. The van der Waals surface area contributed by atoms with Gasteiger partial charge in [-0.1, -0.05) is 44.5 Å². The first-order valence-electron chi connectivity index (χ1n) is 5.74. The van der Waals surface area contributed by atoms with E-state index in [0.717, 1.165) is 29.0 Å². The lowest BCUT2D eigenvalue weighted by atomic mass is 9.87. The molecule has 1 atom stereocenters. The summed E-state index contributed by atoms with van der Waals surface area (Å²) in [6, 6.07) is 5.70. The van der Waals surface area contributed by atoms with Crippen molar-refractivity contribution in [1.29, 1.82) is 0 Å². The van der Waals surface area contributed by atoms with Gasteiger partial charge in [0.1, 0.15) is 0 Å². The maximum atomic E-state index is 10.1. The first kappa shape index (κ1) is 13.5. The van der Waals surface area contributed by atoms with E-state index in [1.54, 1.807) is 0 Å². The second-order valence-electron chi connectivity index (χ2n) is 5.57. The van der Waals surface area contributed by atoms with E-state index in [1.165, 1.54) is 0 Å². The van der Waals surface area contributed by atoms with Crippen molar-refractivity contribution >= 4 is 11.6 Å². The second-order valence-corrected chi connectivity index (χ2v) is 5.98. The van der Waals surface area contributed by atoms with E-state index in [1.807, 2.05) is 25.1 Å². The summed E-state index contributed by atoms with van der Waals surface area (Å²) in [4.78, 5) is 0. The molecule has 0 saturated carbocycles. The largest absolute Gasteiger partial charge is 0.388 e. The first-order chi connectivity index (χ1) is 7.31. The Hall–Kier alpha value is -0.530. The summed E-state index contributed by atoms with van der Waals surface area (Å²) in [5.41, 5.74) is 2.20. The molecule has 0 aliphatic heterocycles. The van der Waals surface area contributed by atoms with Crippen LogP contribution in [0.2, 0.25) is 5.02 Å². The van der Waals surface area contributed by atoms with Gasteiger partial charge < -0.3 is 5.11 Å². The predicted octanol–water partition coefficient (Wildman–Crippen LogP) is 4.51. The van der Waals surface area contributed by atoms with Gasteiger partial charge in [0.05, 0.1) is 6.10 Å². The van der Waals surface area contributed by atoms with Crippen molar-refractivity contribution in [3.8, 4) is 0 Å². The van der Waals surface area contributed by atoms with Gasteiger partial charge in [-0.25, -0.2) is 0 Å². The average molecular weight is 241 g/mol. The maximum Gasteiger partial charge on any atom is 0.0793 e. The van der Waals surface area contributed by atoms with Gasteiger partial charge in [0, 0.05) is 5.02 Å². The van der Waals surface area contributed by atoms with Gasteiger partial charge in [0.15, 0.2) is 0 Å². The van der Waals surface area contributed by atoms with Crippen LogP contribution in [0.25, 0.3) is 0 Å². The van der Waals surface area contributed by atoms with Crippen LogP contribution in [0.15, 0.2) is 18.2 Å². The summed E-state index contributed by atoms with van der Waals surface area (Å²) < 4.78 is 0. The lowest BCUT2D eigenvalue weighted by molar-refractivity contribution is 0.147. The maximum absolute atomic E-state index is 10.1. The van der Waals surface area contributed by atoms with Crippen LogP contribution in [0.5, 0.6) is 0 Å². The third-order valence-corrected chi connectivity index (χ3v) is 3.25. The van der Waals surface area contributed by atoms with Crippen LogP contribution >= 0.6 is 11.6 Å². The van der Waals surface area contributed by atoms with Crippen molar-refractivity contribution in [1.82, 2.24) is 0 Å². The highest BCUT2D eigenvalue weighted by Gasteiger charge is 2.16. The lowest BCUT2D eigenvalue weighted by Crippen LogP contribution is -2.09. The van der Waals surface area contributed by atoms with Gasteiger partial charge in [0.2, 0.25) is 0 Å². The molecule has 1 aromatic rings. The number of benzene rings is 1. The van der Waals surface area contributed by atoms with Crippen molar-refractivity contribution in [2.45, 2.75) is 46.6 Å². The van der Waals surface area contributed by atoms with E-state index in [0.29, 0.717) is 0 Å². The molecule has 2 heteroatoms. The Morgan fingerprint density at radius 3 is 2.50 bits per heavy atom. The normalized spacial score (nSPS) is 13.9. The Morgan fingerprint density at radius 2 is 1.94 bits per heavy atom. The van der Waals surface area contributed by atoms with Crippen molar-refractivity contribution in [3.63, 3.8) is 0 Å². The highest BCUT2D eigenvalue weighted by atomic mass is 35.5. The number of aliphatic hydroxyl groups excluding tert-OH is 1. The molecular formula is C14H21ClO. The molecule has 16 heavy (non-hydrogen) atoms. The van der Waals surface area contributed by atoms with E-state index in [4.69, 9.17) is 11.6 Å². The van der Waals surface area contributed by atoms with Crippen molar-refractivity contribution < 1.29 is 5.11 Å². The first-order valence-corrected chi connectivity index (χ1v) is 6.12. The molecule has 1 rings (SSSR count). The van der Waals surface area contributed by atoms with Gasteiger partial charge >= 0.3 is 0 Å². The molecule has 0 amide bonds. The van der Waals surface area contributed by atoms with Crippen molar-refractivity contribution in [2.24, 2.45) is 5.41 Å². The number of rotatable bonds is 3. The molecular weight excluding hydrogens is 220 g/mol. The average Bonchev–Trinajstić information content (AvgIpc) is 2.17. The SMILES string of the molecule is Cc1c(Cl)cccc1C(O)CCC(C)(C)C. The molecule has 0 bridgehead atoms. The summed E-state index contributed by atoms with van der Waals surface area (Å²) >= 11 is 6.04. The van der Waals surface area contributed by atoms with Crippen LogP contribution in [0.4, 0.5) is 0 Å². The monoisotopic (exact) mass is 240 g/mol. The zero-order valence-corrected chi connectivity index (χ0v) is 11.3. The second kappa shape index (κ2) is 5.20. The zero-order chi connectivity index (χ0) is 12.3. The Bertz CT molecular complexity index is 352. The Balaban J connectivity index is 2.73. The van der Waals surface area contributed by atoms with E-state index in [9.17, 15) is 5.11 Å². The molecule has 0 saturated heterocycles. The Labute approximate surface area is 103 Å². The molecule has 1 nitrogen and oxygen atoms in total. The number of hydrogen-bond acceptors (Lipinski definition) is 1. The minimum Gasteiger partial charge on any atom is -0.388 e. The third-order valence-electron chi connectivity index (χ3n) is 2.84. The Morgan fingerprint density at radius 1 is 1.31 bits per heavy atom. The van der Waals surface area contributed by atoms with E-state index < -0.39 is 6.10 Å². The molecule has 1 aromatic carbocycles. The third kappa shape index (κ3) is 3.80. The highest BCUT2D eigenvalue weighted by Crippen LogP contribution is 2.30. The summed E-state index contributed by atoms with van der Waals surface area (Å²) in [6.45, 7) is 8.51. The summed E-state index contributed by atoms with van der Waals surface area (Å²) in [5.74, 6) is 0. The topological polar surface area (TPSA) is 20.2 Å². The number of halogens is 1. The highest BCUT2D eigenvalue weighted by molar-refractivity contribution is 6.31. The van der Waals surface area contributed by atoms with E-state index in [-0.39, 0.29) is 5.41 Å². The fourth-order valence-corrected chi connectivity index (χ4v) is 1.89. The van der Waals surface area contributed by atoms with Gasteiger partial charge in [0.25, 0.3) is 0 Å². The lowest BCUT2D eigenvalue weighted by Gasteiger charge is -2.21. The molecule has 0 spiro atoms. The molecule has 90 valence electrons. The van der Waals surface area contributed by atoms with Crippen LogP contribution in [-0.4, -0.2) is 5.11 Å². The van der Waals surface area contributed by atoms with Gasteiger partial charge in [-0.05, 0) is 42.4 Å². The van der Waals surface area contributed by atoms with E-state index >= 15 is 0 Å². The quantitative estimate of drug-likeness (QED) is 0.824. The van der Waals surface area contributed by atoms with Crippen LogP contribution in [0, 0.1) is 12.3 Å². The van der Waals surface area contributed by atoms with Crippen molar-refractivity contribution in [3.05, 3.63) is 34.3 Å².